The Morgan fingerprint density at radius 1 is 1.04 bits per heavy atom. The van der Waals surface area contributed by atoms with Crippen molar-refractivity contribution < 1.29 is 0 Å². The van der Waals surface area contributed by atoms with E-state index in [0.717, 1.165) is 33.7 Å². The van der Waals surface area contributed by atoms with Gasteiger partial charge >= 0.3 is 0 Å². The van der Waals surface area contributed by atoms with Crippen LogP contribution in [0.3, 0.4) is 0 Å². The third-order valence-electron chi connectivity index (χ3n) is 4.79. The van der Waals surface area contributed by atoms with E-state index in [4.69, 9.17) is 10.2 Å². The molecule has 0 spiro atoms. The molecule has 1 atom stereocenters. The van der Waals surface area contributed by atoms with Crippen LogP contribution >= 0.6 is 12.6 Å². The van der Waals surface area contributed by atoms with Crippen LogP contribution in [-0.4, -0.2) is 15.0 Å². The van der Waals surface area contributed by atoms with Gasteiger partial charge in [-0.05, 0) is 66.9 Å². The van der Waals surface area contributed by atoms with Crippen LogP contribution in [0.1, 0.15) is 33.2 Å². The zero-order valence-electron chi connectivity index (χ0n) is 15.1. The summed E-state index contributed by atoms with van der Waals surface area (Å²) in [6, 6.07) is 17.7. The van der Waals surface area contributed by atoms with Gasteiger partial charge in [0.05, 0.1) is 33.6 Å². The number of imidazole rings is 1. The Morgan fingerprint density at radius 2 is 1.78 bits per heavy atom. The number of nitriles is 1. The Hall–Kier alpha value is -3.10. The number of H-pyrrole nitrogens is 1. The summed E-state index contributed by atoms with van der Waals surface area (Å²) in [6.45, 7) is 4.19. The third-order valence-corrected chi connectivity index (χ3v) is 5.36. The summed E-state index contributed by atoms with van der Waals surface area (Å²) in [4.78, 5) is 12.6. The van der Waals surface area contributed by atoms with Crippen molar-refractivity contribution in [1.29, 1.82) is 5.26 Å². The van der Waals surface area contributed by atoms with Gasteiger partial charge in [-0.1, -0.05) is 12.1 Å². The molecule has 0 saturated carbocycles. The SMILES string of the molecule is Cc1cc2nc(-c3ccc(C(S)c4ccc(C#N)cc4)nc3)[nH]c2cc1C. The summed E-state index contributed by atoms with van der Waals surface area (Å²) in [5, 5.41) is 8.77. The minimum Gasteiger partial charge on any atom is -0.338 e. The van der Waals surface area contributed by atoms with Gasteiger partial charge in [0.1, 0.15) is 5.82 Å². The number of aryl methyl sites for hydroxylation is 2. The van der Waals surface area contributed by atoms with Crippen molar-refractivity contribution in [2.75, 3.05) is 0 Å². The monoisotopic (exact) mass is 370 g/mol. The molecular weight excluding hydrogens is 352 g/mol. The predicted molar refractivity (Wildman–Crippen MR) is 111 cm³/mol. The zero-order valence-corrected chi connectivity index (χ0v) is 16.0. The number of benzene rings is 2. The average molecular weight is 370 g/mol. The normalized spacial score (nSPS) is 12.1. The number of nitrogens with one attached hydrogen (secondary N) is 1. The molecular formula is C22H18N4S. The van der Waals surface area contributed by atoms with Crippen LogP contribution in [0, 0.1) is 25.2 Å². The molecule has 0 aliphatic heterocycles. The zero-order chi connectivity index (χ0) is 19.0. The first kappa shape index (κ1) is 17.3. The van der Waals surface area contributed by atoms with Gasteiger partial charge < -0.3 is 4.98 Å². The van der Waals surface area contributed by atoms with Crippen LogP contribution in [0.25, 0.3) is 22.4 Å². The number of rotatable bonds is 3. The third kappa shape index (κ3) is 3.32. The first-order valence-electron chi connectivity index (χ1n) is 8.66. The number of aromatic nitrogens is 3. The molecule has 0 radical (unpaired) electrons. The maximum atomic E-state index is 8.92. The fourth-order valence-electron chi connectivity index (χ4n) is 3.02. The lowest BCUT2D eigenvalue weighted by molar-refractivity contribution is 1.05. The van der Waals surface area contributed by atoms with Crippen LogP contribution < -0.4 is 0 Å². The Kier molecular flexibility index (Phi) is 4.43. The fourth-order valence-corrected chi connectivity index (χ4v) is 3.35. The Labute approximate surface area is 163 Å². The highest BCUT2D eigenvalue weighted by Crippen LogP contribution is 2.29. The molecule has 27 heavy (non-hydrogen) atoms. The first-order chi connectivity index (χ1) is 13.0. The molecule has 0 bridgehead atoms. The predicted octanol–water partition coefficient (Wildman–Crippen LogP) is 5.13. The second kappa shape index (κ2) is 6.90. The lowest BCUT2D eigenvalue weighted by atomic mass is 10.1. The summed E-state index contributed by atoms with van der Waals surface area (Å²) >= 11 is 4.69. The van der Waals surface area contributed by atoms with Gasteiger partial charge in [0.2, 0.25) is 0 Å². The first-order valence-corrected chi connectivity index (χ1v) is 9.18. The standard InChI is InChI=1S/C22H18N4S/c1-13-9-19-20(10-14(13)2)26-22(25-19)17-7-8-18(24-12-17)21(27)16-5-3-15(11-23)4-6-16/h3-10,12,21,27H,1-2H3,(H,25,26). The quantitative estimate of drug-likeness (QED) is 0.491. The summed E-state index contributed by atoms with van der Waals surface area (Å²) in [5.74, 6) is 0.808. The highest BCUT2D eigenvalue weighted by molar-refractivity contribution is 7.80. The van der Waals surface area contributed by atoms with Gasteiger partial charge in [-0.25, -0.2) is 4.98 Å². The van der Waals surface area contributed by atoms with E-state index in [1.54, 1.807) is 12.1 Å². The number of nitrogens with zero attached hydrogens (tertiary/aromatic N) is 3. The summed E-state index contributed by atoms with van der Waals surface area (Å²) in [7, 11) is 0. The van der Waals surface area contributed by atoms with Crippen LogP contribution in [0.5, 0.6) is 0 Å². The number of hydrogen-bond donors (Lipinski definition) is 2. The average Bonchev–Trinajstić information content (AvgIpc) is 3.10. The Morgan fingerprint density at radius 3 is 2.44 bits per heavy atom. The Bertz CT molecular complexity index is 1110. The van der Waals surface area contributed by atoms with Crippen molar-refractivity contribution >= 4 is 23.7 Å². The summed E-state index contributed by atoms with van der Waals surface area (Å²) in [5.41, 5.74) is 7.90. The van der Waals surface area contributed by atoms with Gasteiger partial charge in [0.15, 0.2) is 0 Å². The van der Waals surface area contributed by atoms with Crippen molar-refractivity contribution in [1.82, 2.24) is 15.0 Å². The summed E-state index contributed by atoms with van der Waals surface area (Å²) in [6.07, 6.45) is 1.82. The fraction of sp³-hybridized carbons (Fsp3) is 0.136. The number of thiol groups is 1. The molecule has 0 amide bonds. The molecule has 1 N–H and O–H groups in total. The Balaban J connectivity index is 1.62. The lowest BCUT2D eigenvalue weighted by Gasteiger charge is -2.11. The smallest absolute Gasteiger partial charge is 0.140 e. The molecule has 4 nitrogen and oxygen atoms in total. The molecule has 132 valence electrons. The van der Waals surface area contributed by atoms with Crippen molar-refractivity contribution in [3.05, 3.63) is 82.7 Å². The lowest BCUT2D eigenvalue weighted by Crippen LogP contribution is -1.97. The number of aromatic amines is 1. The van der Waals surface area contributed by atoms with Crippen molar-refractivity contribution in [3.8, 4) is 17.5 Å². The van der Waals surface area contributed by atoms with E-state index in [0.29, 0.717) is 5.56 Å². The highest BCUT2D eigenvalue weighted by atomic mass is 32.1. The van der Waals surface area contributed by atoms with Gasteiger partial charge in [-0.2, -0.15) is 17.9 Å². The van der Waals surface area contributed by atoms with Crippen molar-refractivity contribution in [2.45, 2.75) is 19.1 Å². The second-order valence-corrected chi connectivity index (χ2v) is 7.16. The molecule has 2 aromatic carbocycles. The van der Waals surface area contributed by atoms with E-state index >= 15 is 0 Å². The van der Waals surface area contributed by atoms with Crippen LogP contribution in [0.4, 0.5) is 0 Å². The number of pyridine rings is 1. The van der Waals surface area contributed by atoms with Crippen molar-refractivity contribution in [2.24, 2.45) is 0 Å². The van der Waals surface area contributed by atoms with Crippen LogP contribution in [0.2, 0.25) is 0 Å². The number of fused-ring (bicyclic) bond motifs is 1. The van der Waals surface area contributed by atoms with E-state index in [-0.39, 0.29) is 5.25 Å². The van der Waals surface area contributed by atoms with E-state index in [1.165, 1.54) is 11.1 Å². The van der Waals surface area contributed by atoms with Gasteiger partial charge in [0.25, 0.3) is 0 Å². The van der Waals surface area contributed by atoms with Gasteiger partial charge in [0, 0.05) is 11.8 Å². The minimum absolute atomic E-state index is 0.146. The topological polar surface area (TPSA) is 65.4 Å². The highest BCUT2D eigenvalue weighted by Gasteiger charge is 2.12. The molecule has 4 rings (SSSR count). The van der Waals surface area contributed by atoms with E-state index in [1.807, 2.05) is 30.5 Å². The molecule has 0 aliphatic rings. The molecule has 0 aliphatic carbocycles. The van der Waals surface area contributed by atoms with E-state index in [2.05, 4.69) is 54.6 Å². The minimum atomic E-state index is -0.146. The van der Waals surface area contributed by atoms with E-state index in [9.17, 15) is 0 Å². The number of hydrogen-bond acceptors (Lipinski definition) is 4. The van der Waals surface area contributed by atoms with Crippen LogP contribution in [0.15, 0.2) is 54.7 Å². The van der Waals surface area contributed by atoms with E-state index < -0.39 is 0 Å². The summed E-state index contributed by atoms with van der Waals surface area (Å²) < 4.78 is 0. The molecule has 2 aromatic heterocycles. The second-order valence-electron chi connectivity index (χ2n) is 6.65. The maximum Gasteiger partial charge on any atom is 0.140 e. The van der Waals surface area contributed by atoms with Gasteiger partial charge in [-0.3, -0.25) is 4.98 Å². The molecule has 0 saturated heterocycles. The van der Waals surface area contributed by atoms with Crippen LogP contribution in [-0.2, 0) is 0 Å². The molecule has 2 heterocycles. The molecule has 0 fully saturated rings. The molecule has 4 aromatic rings. The molecule has 1 unspecified atom stereocenters. The maximum absolute atomic E-state index is 8.92. The molecule has 5 heteroatoms. The van der Waals surface area contributed by atoms with Crippen molar-refractivity contribution in [3.63, 3.8) is 0 Å². The largest absolute Gasteiger partial charge is 0.338 e. The van der Waals surface area contributed by atoms with Gasteiger partial charge in [-0.15, -0.1) is 0 Å².